The highest BCUT2D eigenvalue weighted by atomic mass is 79.9. The standard InChI is InChI=1S/C17H14BrN5/c1-3-5-13-16(20-2)14(12-9-21-23-17(12)22-13)11-7-4-6-10(8-19)15(11)18/h4,6-7,9,14,16H,3,5H2,1H3,(H,21,23). The second-order valence-electron chi connectivity index (χ2n) is 5.40. The summed E-state index contributed by atoms with van der Waals surface area (Å²) in [5.74, 6) is 0.538. The molecule has 0 amide bonds. The third kappa shape index (κ3) is 2.56. The van der Waals surface area contributed by atoms with Gasteiger partial charge in [-0.05, 0) is 34.0 Å². The molecule has 2 heterocycles. The summed E-state index contributed by atoms with van der Waals surface area (Å²) in [6, 6.07) is 7.39. The van der Waals surface area contributed by atoms with Crippen molar-refractivity contribution in [2.24, 2.45) is 4.99 Å². The maximum Gasteiger partial charge on any atom is 0.272 e. The predicted molar refractivity (Wildman–Crippen MR) is 91.7 cm³/mol. The molecular weight excluding hydrogens is 354 g/mol. The van der Waals surface area contributed by atoms with Crippen LogP contribution in [0.4, 0.5) is 5.82 Å². The molecule has 0 fully saturated rings. The van der Waals surface area contributed by atoms with Gasteiger partial charge in [-0.15, -0.1) is 0 Å². The monoisotopic (exact) mass is 367 g/mol. The third-order valence-electron chi connectivity index (χ3n) is 4.02. The second kappa shape index (κ2) is 6.36. The number of aliphatic imine (C=N–C) groups is 1. The number of aromatic nitrogens is 2. The van der Waals surface area contributed by atoms with Crippen LogP contribution >= 0.6 is 15.9 Å². The minimum Gasteiger partial charge on any atom is -0.306 e. The molecule has 1 aliphatic rings. The number of fused-ring (bicyclic) bond motifs is 1. The zero-order chi connectivity index (χ0) is 16.4. The lowest BCUT2D eigenvalue weighted by molar-refractivity contribution is 0.766. The molecule has 5 nitrogen and oxygen atoms in total. The van der Waals surface area contributed by atoms with Crippen molar-refractivity contribution in [3.8, 4) is 6.07 Å². The van der Waals surface area contributed by atoms with Crippen LogP contribution in [-0.2, 0) is 0 Å². The van der Waals surface area contributed by atoms with E-state index in [1.807, 2.05) is 12.1 Å². The molecule has 1 N–H and O–H groups in total. The summed E-state index contributed by atoms with van der Waals surface area (Å²) in [6.07, 6.45) is 3.44. The summed E-state index contributed by atoms with van der Waals surface area (Å²) in [6.45, 7) is 9.76. The maximum absolute atomic E-state index is 9.27. The molecular formula is C17H14BrN5. The van der Waals surface area contributed by atoms with E-state index in [-0.39, 0.29) is 12.0 Å². The summed E-state index contributed by atoms with van der Waals surface area (Å²) in [7, 11) is 0. The fourth-order valence-corrected chi connectivity index (χ4v) is 3.60. The van der Waals surface area contributed by atoms with Gasteiger partial charge in [-0.2, -0.15) is 10.4 Å². The van der Waals surface area contributed by atoms with Gasteiger partial charge in [0, 0.05) is 10.0 Å². The molecule has 0 spiro atoms. The molecule has 0 saturated heterocycles. The summed E-state index contributed by atoms with van der Waals surface area (Å²) >= 11 is 3.54. The van der Waals surface area contributed by atoms with Crippen molar-refractivity contribution in [3.63, 3.8) is 0 Å². The van der Waals surface area contributed by atoms with E-state index >= 15 is 0 Å². The van der Waals surface area contributed by atoms with Gasteiger partial charge >= 0.3 is 0 Å². The molecule has 6 heteroatoms. The number of hydrogen-bond acceptors (Lipinski definition) is 3. The van der Waals surface area contributed by atoms with Gasteiger partial charge in [0.15, 0.2) is 5.82 Å². The second-order valence-corrected chi connectivity index (χ2v) is 6.19. The molecule has 0 aliphatic carbocycles. The van der Waals surface area contributed by atoms with E-state index in [2.05, 4.69) is 49.0 Å². The predicted octanol–water partition coefficient (Wildman–Crippen LogP) is 4.35. The third-order valence-corrected chi connectivity index (χ3v) is 4.91. The van der Waals surface area contributed by atoms with Crippen LogP contribution in [0.3, 0.4) is 0 Å². The average Bonchev–Trinajstić information content (AvgIpc) is 3.02. The van der Waals surface area contributed by atoms with Crippen molar-refractivity contribution < 1.29 is 0 Å². The van der Waals surface area contributed by atoms with Gasteiger partial charge in [-0.3, -0.25) is 5.10 Å². The van der Waals surface area contributed by atoms with Crippen molar-refractivity contribution in [1.29, 1.82) is 5.26 Å². The molecule has 0 bridgehead atoms. The highest BCUT2D eigenvalue weighted by Crippen LogP contribution is 2.43. The van der Waals surface area contributed by atoms with Gasteiger partial charge in [0.2, 0.25) is 0 Å². The quantitative estimate of drug-likeness (QED) is 0.819. The lowest BCUT2D eigenvalue weighted by Gasteiger charge is -2.24. The Hall–Kier alpha value is -2.44. The van der Waals surface area contributed by atoms with E-state index in [1.165, 1.54) is 0 Å². The Morgan fingerprint density at radius 1 is 1.43 bits per heavy atom. The highest BCUT2D eigenvalue weighted by molar-refractivity contribution is 9.10. The summed E-state index contributed by atoms with van der Waals surface area (Å²) in [4.78, 5) is 8.45. The van der Waals surface area contributed by atoms with Gasteiger partial charge in [-0.25, -0.2) is 11.6 Å². The van der Waals surface area contributed by atoms with Crippen LogP contribution in [0.5, 0.6) is 0 Å². The van der Waals surface area contributed by atoms with Gasteiger partial charge in [-0.1, -0.05) is 25.5 Å². The number of nitrogens with one attached hydrogen (secondary N) is 1. The zero-order valence-corrected chi connectivity index (χ0v) is 14.1. The highest BCUT2D eigenvalue weighted by Gasteiger charge is 2.40. The van der Waals surface area contributed by atoms with Crippen LogP contribution in [0.2, 0.25) is 0 Å². The van der Waals surface area contributed by atoms with E-state index in [9.17, 15) is 5.26 Å². The lowest BCUT2D eigenvalue weighted by atomic mass is 9.81. The minimum atomic E-state index is -0.370. The number of H-pyrrole nitrogens is 1. The summed E-state index contributed by atoms with van der Waals surface area (Å²) < 4.78 is 0.742. The van der Waals surface area contributed by atoms with E-state index in [0.29, 0.717) is 11.4 Å². The van der Waals surface area contributed by atoms with Crippen molar-refractivity contribution in [2.45, 2.75) is 31.7 Å². The number of benzene rings is 1. The van der Waals surface area contributed by atoms with Crippen molar-refractivity contribution in [3.05, 3.63) is 57.0 Å². The number of rotatable bonds is 3. The topological polar surface area (TPSA) is 69.2 Å². The normalized spacial score (nSPS) is 19.4. The van der Waals surface area contributed by atoms with Crippen LogP contribution in [0.15, 0.2) is 33.9 Å². The number of nitriles is 1. The number of hydrogen-bond donors (Lipinski definition) is 1. The number of aromatic amines is 1. The average molecular weight is 368 g/mol. The largest absolute Gasteiger partial charge is 0.306 e. The van der Waals surface area contributed by atoms with Gasteiger partial charge < -0.3 is 4.85 Å². The first-order chi connectivity index (χ1) is 11.2. The Morgan fingerprint density at radius 2 is 2.26 bits per heavy atom. The van der Waals surface area contributed by atoms with Crippen molar-refractivity contribution in [1.82, 2.24) is 10.2 Å². The molecule has 0 radical (unpaired) electrons. The first kappa shape index (κ1) is 15.5. The lowest BCUT2D eigenvalue weighted by Crippen LogP contribution is -2.29. The number of nitrogens with zero attached hydrogens (tertiary/aromatic N) is 4. The molecule has 2 atom stereocenters. The van der Waals surface area contributed by atoms with Crippen molar-refractivity contribution in [2.75, 3.05) is 0 Å². The Bertz CT molecular complexity index is 853. The molecule has 1 aliphatic heterocycles. The Labute approximate surface area is 143 Å². The first-order valence-electron chi connectivity index (χ1n) is 7.37. The summed E-state index contributed by atoms with van der Waals surface area (Å²) in [5.41, 5.74) is 3.27. The Balaban J connectivity index is 2.20. The van der Waals surface area contributed by atoms with Gasteiger partial charge in [0.1, 0.15) is 11.8 Å². The van der Waals surface area contributed by atoms with E-state index in [1.54, 1.807) is 12.3 Å². The molecule has 1 aromatic carbocycles. The Morgan fingerprint density at radius 3 is 2.96 bits per heavy atom. The number of halogens is 1. The maximum atomic E-state index is 9.27. The molecule has 0 saturated carbocycles. The van der Waals surface area contributed by atoms with Gasteiger partial charge in [0.05, 0.1) is 17.7 Å². The smallest absolute Gasteiger partial charge is 0.272 e. The minimum absolute atomic E-state index is 0.178. The van der Waals surface area contributed by atoms with Crippen LogP contribution in [-0.4, -0.2) is 22.0 Å². The Kier molecular flexibility index (Phi) is 4.27. The van der Waals surface area contributed by atoms with Gasteiger partial charge in [0.25, 0.3) is 6.04 Å². The van der Waals surface area contributed by atoms with E-state index < -0.39 is 0 Å². The molecule has 23 heavy (non-hydrogen) atoms. The molecule has 2 aromatic rings. The van der Waals surface area contributed by atoms with Crippen LogP contribution in [0.1, 0.15) is 42.4 Å². The van der Waals surface area contributed by atoms with Crippen LogP contribution < -0.4 is 0 Å². The molecule has 3 rings (SSSR count). The SMILES string of the molecule is [C-]#[N+]C1C(CCC)=Nc2[nH]ncc2C1c1cccc(C#N)c1Br. The molecule has 2 unspecified atom stereocenters. The van der Waals surface area contributed by atoms with E-state index in [4.69, 9.17) is 6.57 Å². The van der Waals surface area contributed by atoms with E-state index in [0.717, 1.165) is 34.2 Å². The fraction of sp³-hybridized carbons (Fsp3) is 0.294. The first-order valence-corrected chi connectivity index (χ1v) is 8.16. The van der Waals surface area contributed by atoms with Crippen LogP contribution in [0, 0.1) is 17.9 Å². The van der Waals surface area contributed by atoms with Crippen LogP contribution in [0.25, 0.3) is 4.85 Å². The fourth-order valence-electron chi connectivity index (χ4n) is 3.00. The zero-order valence-electron chi connectivity index (χ0n) is 12.5. The molecule has 114 valence electrons. The molecule has 1 aromatic heterocycles. The van der Waals surface area contributed by atoms with Crippen molar-refractivity contribution >= 4 is 27.5 Å². The summed E-state index contributed by atoms with van der Waals surface area (Å²) in [5, 5.41) is 16.3.